The topological polar surface area (TPSA) is 12.4 Å². The predicted molar refractivity (Wildman–Crippen MR) is 47.7 cm³/mol. The van der Waals surface area contributed by atoms with Crippen LogP contribution in [0.2, 0.25) is 0 Å². The molecule has 3 heteroatoms. The van der Waals surface area contributed by atoms with Gasteiger partial charge in [0.05, 0.1) is 0 Å². The van der Waals surface area contributed by atoms with Gasteiger partial charge in [-0.1, -0.05) is 35.4 Å². The molecule has 0 rings (SSSR count). The lowest BCUT2D eigenvalue weighted by molar-refractivity contribution is 1.50. The summed E-state index contributed by atoms with van der Waals surface area (Å²) in [4.78, 5) is 3.77. The zero-order valence-corrected chi connectivity index (χ0v) is 7.45. The van der Waals surface area contributed by atoms with Gasteiger partial charge in [-0.05, 0) is 19.9 Å². The minimum Gasteiger partial charge on any atom is -0.229 e. The van der Waals surface area contributed by atoms with E-state index in [1.54, 1.807) is 19.1 Å². The lowest BCUT2D eigenvalue weighted by atomic mass is 10.5. The molecule has 0 bridgehead atoms. The molecule has 0 fully saturated rings. The van der Waals surface area contributed by atoms with E-state index in [0.717, 1.165) is 0 Å². The first kappa shape index (κ1) is 9.73. The maximum Gasteiger partial charge on any atom is 0.130 e. The molecular weight excluding hydrogens is 169 g/mol. The van der Waals surface area contributed by atoms with Crippen LogP contribution in [-0.2, 0) is 0 Å². The van der Waals surface area contributed by atoms with Crippen molar-refractivity contribution in [1.82, 2.24) is 0 Å². The Bertz CT molecular complexity index is 176. The molecule has 0 aromatic heterocycles. The number of hydrogen-bond donors (Lipinski definition) is 0. The molecule has 0 saturated heterocycles. The van der Waals surface area contributed by atoms with Crippen LogP contribution in [0.5, 0.6) is 0 Å². The lowest BCUT2D eigenvalue weighted by Crippen LogP contribution is -1.73. The first-order chi connectivity index (χ1) is 4.66. The summed E-state index contributed by atoms with van der Waals surface area (Å²) < 4.78 is 0. The molecule has 0 amide bonds. The van der Waals surface area contributed by atoms with Crippen molar-refractivity contribution in [3.8, 4) is 0 Å². The van der Waals surface area contributed by atoms with Crippen molar-refractivity contribution in [2.24, 2.45) is 4.99 Å². The van der Waals surface area contributed by atoms with Crippen LogP contribution in [-0.4, -0.2) is 5.17 Å². The van der Waals surface area contributed by atoms with Crippen molar-refractivity contribution in [3.05, 3.63) is 23.4 Å². The number of halogens is 2. The second-order valence-electron chi connectivity index (χ2n) is 1.62. The van der Waals surface area contributed by atoms with Crippen LogP contribution in [0.4, 0.5) is 0 Å². The monoisotopic (exact) mass is 177 g/mol. The molecule has 0 N–H and O–H groups in total. The number of hydrogen-bond acceptors (Lipinski definition) is 1. The third-order valence-electron chi connectivity index (χ3n) is 0.687. The number of aliphatic imine (C=N–C) groups is 1. The van der Waals surface area contributed by atoms with Crippen molar-refractivity contribution >= 4 is 28.4 Å². The molecule has 0 radical (unpaired) electrons. The van der Waals surface area contributed by atoms with E-state index in [0.29, 0.717) is 10.3 Å². The Balaban J connectivity index is 4.08. The molecule has 0 saturated carbocycles. The number of nitrogens with zero attached hydrogens (tertiary/aromatic N) is 1. The van der Waals surface area contributed by atoms with E-state index in [1.165, 1.54) is 0 Å². The molecule has 10 heavy (non-hydrogen) atoms. The van der Waals surface area contributed by atoms with Crippen molar-refractivity contribution in [1.29, 1.82) is 0 Å². The van der Waals surface area contributed by atoms with E-state index in [-0.39, 0.29) is 0 Å². The molecule has 0 heterocycles. The molecule has 0 aliphatic heterocycles. The summed E-state index contributed by atoms with van der Waals surface area (Å²) in [6.07, 6.45) is 5.33. The summed E-state index contributed by atoms with van der Waals surface area (Å²) in [5, 5.41) is 0.830. The SMILES string of the molecule is C\C=C/C=C(Cl)\N=C(/C)Cl. The van der Waals surface area contributed by atoms with Gasteiger partial charge in [0.15, 0.2) is 0 Å². The number of rotatable bonds is 2. The zero-order chi connectivity index (χ0) is 7.98. The van der Waals surface area contributed by atoms with Crippen LogP contribution in [0.1, 0.15) is 13.8 Å². The van der Waals surface area contributed by atoms with Crippen LogP contribution in [0, 0.1) is 0 Å². The van der Waals surface area contributed by atoms with Crippen LogP contribution in [0.25, 0.3) is 0 Å². The summed E-state index contributed by atoms with van der Waals surface area (Å²) in [5.74, 6) is 0. The Kier molecular flexibility index (Phi) is 5.36. The first-order valence-electron chi connectivity index (χ1n) is 2.86. The van der Waals surface area contributed by atoms with E-state index in [1.807, 2.05) is 13.0 Å². The van der Waals surface area contributed by atoms with Crippen LogP contribution in [0.3, 0.4) is 0 Å². The van der Waals surface area contributed by atoms with Gasteiger partial charge in [-0.25, -0.2) is 4.99 Å². The first-order valence-corrected chi connectivity index (χ1v) is 3.61. The third kappa shape index (κ3) is 5.86. The maximum absolute atomic E-state index is 5.59. The normalized spacial score (nSPS) is 14.8. The summed E-state index contributed by atoms with van der Waals surface area (Å²) in [5.41, 5.74) is 0. The fraction of sp³-hybridized carbons (Fsp3) is 0.286. The molecule has 0 spiro atoms. The third-order valence-corrected chi connectivity index (χ3v) is 0.982. The second kappa shape index (κ2) is 5.51. The molecule has 0 aliphatic carbocycles. The quantitative estimate of drug-likeness (QED) is 0.349. The average Bonchev–Trinajstić information content (AvgIpc) is 1.82. The highest BCUT2D eigenvalue weighted by Crippen LogP contribution is 2.04. The fourth-order valence-electron chi connectivity index (χ4n) is 0.360. The Morgan fingerprint density at radius 1 is 1.40 bits per heavy atom. The van der Waals surface area contributed by atoms with Crippen molar-refractivity contribution in [2.75, 3.05) is 0 Å². The fourth-order valence-corrected chi connectivity index (χ4v) is 0.694. The second-order valence-corrected chi connectivity index (χ2v) is 2.56. The lowest BCUT2D eigenvalue weighted by Gasteiger charge is -1.85. The van der Waals surface area contributed by atoms with Crippen molar-refractivity contribution in [3.63, 3.8) is 0 Å². The largest absolute Gasteiger partial charge is 0.229 e. The molecular formula is C7H9Cl2N. The van der Waals surface area contributed by atoms with E-state index >= 15 is 0 Å². The summed E-state index contributed by atoms with van der Waals surface area (Å²) in [6, 6.07) is 0. The highest BCUT2D eigenvalue weighted by atomic mass is 35.5. The zero-order valence-electron chi connectivity index (χ0n) is 5.94. The smallest absolute Gasteiger partial charge is 0.130 e. The summed E-state index contributed by atoms with van der Waals surface area (Å²) >= 11 is 11.0. The summed E-state index contributed by atoms with van der Waals surface area (Å²) in [7, 11) is 0. The minimum atomic E-state index is 0.394. The Labute approximate surface area is 71.1 Å². The Morgan fingerprint density at radius 2 is 2.00 bits per heavy atom. The van der Waals surface area contributed by atoms with E-state index in [2.05, 4.69) is 4.99 Å². The maximum atomic E-state index is 5.59. The van der Waals surface area contributed by atoms with Gasteiger partial charge in [0.1, 0.15) is 10.3 Å². The highest BCUT2D eigenvalue weighted by molar-refractivity contribution is 6.65. The van der Waals surface area contributed by atoms with Gasteiger partial charge in [-0.15, -0.1) is 0 Å². The van der Waals surface area contributed by atoms with E-state index < -0.39 is 0 Å². The molecule has 56 valence electrons. The molecule has 0 aliphatic rings. The van der Waals surface area contributed by atoms with Crippen molar-refractivity contribution in [2.45, 2.75) is 13.8 Å². The van der Waals surface area contributed by atoms with E-state index in [9.17, 15) is 0 Å². The number of allylic oxidation sites excluding steroid dienone is 3. The minimum absolute atomic E-state index is 0.394. The van der Waals surface area contributed by atoms with E-state index in [4.69, 9.17) is 23.2 Å². The molecule has 1 nitrogen and oxygen atoms in total. The van der Waals surface area contributed by atoms with Crippen LogP contribution in [0.15, 0.2) is 28.4 Å². The van der Waals surface area contributed by atoms with Gasteiger partial charge in [0.2, 0.25) is 0 Å². The predicted octanol–water partition coefficient (Wildman–Crippen LogP) is 3.30. The molecule has 0 aromatic rings. The highest BCUT2D eigenvalue weighted by Gasteiger charge is 1.84. The summed E-state index contributed by atoms with van der Waals surface area (Å²) in [6.45, 7) is 3.57. The van der Waals surface area contributed by atoms with Gasteiger partial charge in [-0.2, -0.15) is 0 Å². The van der Waals surface area contributed by atoms with Crippen molar-refractivity contribution < 1.29 is 0 Å². The van der Waals surface area contributed by atoms with Crippen LogP contribution < -0.4 is 0 Å². The van der Waals surface area contributed by atoms with Gasteiger partial charge in [0.25, 0.3) is 0 Å². The average molecular weight is 178 g/mol. The Morgan fingerprint density at radius 3 is 2.40 bits per heavy atom. The van der Waals surface area contributed by atoms with Gasteiger partial charge >= 0.3 is 0 Å². The molecule has 0 unspecified atom stereocenters. The van der Waals surface area contributed by atoms with Gasteiger partial charge < -0.3 is 0 Å². The van der Waals surface area contributed by atoms with Gasteiger partial charge in [-0.3, -0.25) is 0 Å². The molecule has 0 aromatic carbocycles. The molecule has 0 atom stereocenters. The Hall–Kier alpha value is -0.270. The van der Waals surface area contributed by atoms with Crippen LogP contribution >= 0.6 is 23.2 Å². The van der Waals surface area contributed by atoms with Gasteiger partial charge in [0, 0.05) is 0 Å². The standard InChI is InChI=1S/C7H9Cl2N/c1-3-4-5-7(9)10-6(2)8/h3-5H,1-2H3/b4-3-,7-5-,10-6+.